The number of aromatic nitrogens is 3. The van der Waals surface area contributed by atoms with Gasteiger partial charge < -0.3 is 15.2 Å². The summed E-state index contributed by atoms with van der Waals surface area (Å²) in [5, 5.41) is 4.10. The Morgan fingerprint density at radius 1 is 1.40 bits per heavy atom. The lowest BCUT2D eigenvalue weighted by Gasteiger charge is -2.18. The highest BCUT2D eigenvalue weighted by Crippen LogP contribution is 2.26. The quantitative estimate of drug-likeness (QED) is 0.805. The zero-order valence-electron chi connectivity index (χ0n) is 11.3. The number of hydrogen-bond donors (Lipinski definition) is 1. The Morgan fingerprint density at radius 3 is 2.80 bits per heavy atom. The summed E-state index contributed by atoms with van der Waals surface area (Å²) in [5.41, 5.74) is 6.69. The molecule has 2 rings (SSSR count). The number of esters is 1. The highest BCUT2D eigenvalue weighted by atomic mass is 16.5. The number of methoxy groups -OCH3 is 2. The van der Waals surface area contributed by atoms with Crippen molar-refractivity contribution in [2.24, 2.45) is 5.73 Å². The van der Waals surface area contributed by atoms with Crippen molar-refractivity contribution < 1.29 is 14.3 Å². The van der Waals surface area contributed by atoms with E-state index in [0.29, 0.717) is 12.3 Å². The summed E-state index contributed by atoms with van der Waals surface area (Å²) in [7, 11) is 2.87. The van der Waals surface area contributed by atoms with Crippen LogP contribution in [0.5, 0.6) is 5.75 Å². The molecule has 1 atom stereocenters. The van der Waals surface area contributed by atoms with Crippen LogP contribution in [0.25, 0.3) is 0 Å². The molecule has 7 nitrogen and oxygen atoms in total. The van der Waals surface area contributed by atoms with Crippen molar-refractivity contribution in [1.82, 2.24) is 14.8 Å². The molecule has 106 valence electrons. The summed E-state index contributed by atoms with van der Waals surface area (Å²) in [6, 6.07) is 7.24. The van der Waals surface area contributed by atoms with Gasteiger partial charge >= 0.3 is 5.97 Å². The van der Waals surface area contributed by atoms with Crippen LogP contribution < -0.4 is 10.5 Å². The third-order valence-electron chi connectivity index (χ3n) is 2.92. The first-order valence-electron chi connectivity index (χ1n) is 6.03. The van der Waals surface area contributed by atoms with E-state index in [1.165, 1.54) is 18.1 Å². The molecule has 7 heteroatoms. The first-order valence-corrected chi connectivity index (χ1v) is 6.03. The average Bonchev–Trinajstić information content (AvgIpc) is 2.97. The van der Waals surface area contributed by atoms with Crippen LogP contribution in [0.4, 0.5) is 0 Å². The van der Waals surface area contributed by atoms with E-state index in [4.69, 9.17) is 10.5 Å². The Balaban J connectivity index is 2.37. The lowest BCUT2D eigenvalue weighted by Crippen LogP contribution is -2.22. The maximum atomic E-state index is 11.4. The number of rotatable bonds is 5. The molecule has 0 aliphatic carbocycles. The van der Waals surface area contributed by atoms with Crippen molar-refractivity contribution in [3.8, 4) is 5.75 Å². The molecule has 2 N–H and O–H groups in total. The summed E-state index contributed by atoms with van der Waals surface area (Å²) in [6.07, 6.45) is 1.45. The van der Waals surface area contributed by atoms with Crippen molar-refractivity contribution in [2.45, 2.75) is 6.04 Å². The van der Waals surface area contributed by atoms with Gasteiger partial charge in [0.25, 0.3) is 5.82 Å². The van der Waals surface area contributed by atoms with E-state index >= 15 is 0 Å². The zero-order chi connectivity index (χ0) is 14.5. The molecule has 1 heterocycles. The molecule has 0 saturated carbocycles. The molecule has 2 aromatic rings. The van der Waals surface area contributed by atoms with Crippen LogP contribution in [0.3, 0.4) is 0 Å². The molecule has 0 radical (unpaired) electrons. The van der Waals surface area contributed by atoms with Crippen LogP contribution in [-0.4, -0.2) is 41.5 Å². The van der Waals surface area contributed by atoms with Gasteiger partial charge in [0, 0.05) is 12.1 Å². The highest BCUT2D eigenvalue weighted by Gasteiger charge is 2.20. The molecule has 1 aromatic carbocycles. The fraction of sp³-hybridized carbons (Fsp3) is 0.308. The molecule has 0 fully saturated rings. The Labute approximate surface area is 116 Å². The SMILES string of the molecule is COC(=O)c1ncn(C(CN)c2ccccc2OC)n1. The van der Waals surface area contributed by atoms with E-state index in [1.807, 2.05) is 24.3 Å². The highest BCUT2D eigenvalue weighted by molar-refractivity contribution is 5.84. The molecule has 0 spiro atoms. The number of nitrogens with zero attached hydrogens (tertiary/aromatic N) is 3. The van der Waals surface area contributed by atoms with Crippen molar-refractivity contribution in [1.29, 1.82) is 0 Å². The minimum atomic E-state index is -0.584. The van der Waals surface area contributed by atoms with E-state index in [1.54, 1.807) is 7.11 Å². The third-order valence-corrected chi connectivity index (χ3v) is 2.92. The Kier molecular flexibility index (Phi) is 4.31. The van der Waals surface area contributed by atoms with Crippen molar-refractivity contribution in [3.63, 3.8) is 0 Å². The van der Waals surface area contributed by atoms with Crippen LogP contribution in [0, 0.1) is 0 Å². The van der Waals surface area contributed by atoms with Gasteiger partial charge in [-0.1, -0.05) is 18.2 Å². The van der Waals surface area contributed by atoms with Gasteiger partial charge in [-0.05, 0) is 6.07 Å². The number of ether oxygens (including phenoxy) is 2. The van der Waals surface area contributed by atoms with Gasteiger partial charge in [0.15, 0.2) is 0 Å². The Hall–Kier alpha value is -2.41. The van der Waals surface area contributed by atoms with Crippen LogP contribution in [-0.2, 0) is 4.74 Å². The van der Waals surface area contributed by atoms with Gasteiger partial charge in [-0.25, -0.2) is 14.5 Å². The van der Waals surface area contributed by atoms with Gasteiger partial charge in [-0.3, -0.25) is 0 Å². The zero-order valence-corrected chi connectivity index (χ0v) is 11.3. The summed E-state index contributed by atoms with van der Waals surface area (Å²) in [5.74, 6) is 0.124. The summed E-state index contributed by atoms with van der Waals surface area (Å²) < 4.78 is 11.4. The number of para-hydroxylation sites is 1. The smallest absolute Gasteiger partial charge is 0.377 e. The van der Waals surface area contributed by atoms with E-state index < -0.39 is 5.97 Å². The van der Waals surface area contributed by atoms with Crippen LogP contribution in [0.2, 0.25) is 0 Å². The Bertz CT molecular complexity index is 597. The maximum absolute atomic E-state index is 11.4. The standard InChI is InChI=1S/C13H16N4O3/c1-19-11-6-4-3-5-9(11)10(7-14)17-8-15-12(16-17)13(18)20-2/h3-6,8,10H,7,14H2,1-2H3. The molecule has 1 unspecified atom stereocenters. The van der Waals surface area contributed by atoms with Crippen molar-refractivity contribution in [2.75, 3.05) is 20.8 Å². The summed E-state index contributed by atoms with van der Waals surface area (Å²) in [4.78, 5) is 15.3. The number of carbonyl (C=O) groups is 1. The lowest BCUT2D eigenvalue weighted by atomic mass is 10.1. The van der Waals surface area contributed by atoms with Crippen LogP contribution in [0.1, 0.15) is 22.2 Å². The molecule has 1 aromatic heterocycles. The second-order valence-corrected chi connectivity index (χ2v) is 4.03. The maximum Gasteiger partial charge on any atom is 0.377 e. The number of carbonyl (C=O) groups excluding carboxylic acids is 1. The monoisotopic (exact) mass is 276 g/mol. The third kappa shape index (κ3) is 2.62. The van der Waals surface area contributed by atoms with Gasteiger partial charge in [0.1, 0.15) is 12.1 Å². The van der Waals surface area contributed by atoms with E-state index in [-0.39, 0.29) is 11.9 Å². The fourth-order valence-corrected chi connectivity index (χ4v) is 1.93. The molecule has 0 saturated heterocycles. The van der Waals surface area contributed by atoms with E-state index in [0.717, 1.165) is 5.56 Å². The van der Waals surface area contributed by atoms with Crippen LogP contribution in [0.15, 0.2) is 30.6 Å². The molecular weight excluding hydrogens is 260 g/mol. The average molecular weight is 276 g/mol. The topological polar surface area (TPSA) is 92.3 Å². The number of hydrogen-bond acceptors (Lipinski definition) is 6. The van der Waals surface area contributed by atoms with Crippen molar-refractivity contribution in [3.05, 3.63) is 42.0 Å². The van der Waals surface area contributed by atoms with Gasteiger partial charge in [-0.2, -0.15) is 0 Å². The second kappa shape index (κ2) is 6.16. The largest absolute Gasteiger partial charge is 0.496 e. The molecule has 20 heavy (non-hydrogen) atoms. The van der Waals surface area contributed by atoms with Gasteiger partial charge in [0.2, 0.25) is 0 Å². The van der Waals surface area contributed by atoms with E-state index in [9.17, 15) is 4.79 Å². The minimum absolute atomic E-state index is 0.000785. The molecule has 0 amide bonds. The lowest BCUT2D eigenvalue weighted by molar-refractivity contribution is 0.0586. The van der Waals surface area contributed by atoms with E-state index in [2.05, 4.69) is 14.8 Å². The number of nitrogens with two attached hydrogens (primary N) is 1. The molecule has 0 aliphatic rings. The van der Waals surface area contributed by atoms with Crippen molar-refractivity contribution >= 4 is 5.97 Å². The van der Waals surface area contributed by atoms with Gasteiger partial charge in [0.05, 0.1) is 20.3 Å². The fourth-order valence-electron chi connectivity index (χ4n) is 1.93. The predicted molar refractivity (Wildman–Crippen MR) is 71.5 cm³/mol. The number of benzene rings is 1. The normalized spacial score (nSPS) is 11.9. The second-order valence-electron chi connectivity index (χ2n) is 4.03. The Morgan fingerprint density at radius 2 is 2.15 bits per heavy atom. The first-order chi connectivity index (χ1) is 9.71. The molecule has 0 aliphatic heterocycles. The molecular formula is C13H16N4O3. The predicted octanol–water partition coefficient (Wildman–Crippen LogP) is 0.621. The molecule has 0 bridgehead atoms. The first kappa shape index (κ1) is 14.0. The minimum Gasteiger partial charge on any atom is -0.496 e. The van der Waals surface area contributed by atoms with Gasteiger partial charge in [-0.15, -0.1) is 5.10 Å². The summed E-state index contributed by atoms with van der Waals surface area (Å²) in [6.45, 7) is 0.296. The van der Waals surface area contributed by atoms with Crippen LogP contribution >= 0.6 is 0 Å². The summed E-state index contributed by atoms with van der Waals surface area (Å²) >= 11 is 0.